The van der Waals surface area contributed by atoms with Crippen molar-refractivity contribution in [2.24, 2.45) is 0 Å². The van der Waals surface area contributed by atoms with Gasteiger partial charge in [-0.1, -0.05) is 0 Å². The number of aromatic nitrogens is 1. The van der Waals surface area contributed by atoms with Gasteiger partial charge in [0.25, 0.3) is 5.56 Å². The van der Waals surface area contributed by atoms with Gasteiger partial charge in [0.2, 0.25) is 0 Å². The molecule has 1 saturated heterocycles. The minimum Gasteiger partial charge on any atom is -0.385 e. The van der Waals surface area contributed by atoms with Gasteiger partial charge in [-0.05, 0) is 19.1 Å². The Morgan fingerprint density at radius 2 is 2.15 bits per heavy atom. The average molecular weight is 182 g/mol. The molecular formula is C8H10N2O3. The molecule has 0 amide bonds. The molecule has 1 fully saturated rings. The van der Waals surface area contributed by atoms with Crippen LogP contribution in [0.4, 0.5) is 5.82 Å². The fraction of sp³-hybridized carbons (Fsp3) is 0.375. The summed E-state index contributed by atoms with van der Waals surface area (Å²) in [6.07, 6.45) is -0.777. The molecular weight excluding hydrogens is 172 g/mol. The van der Waals surface area contributed by atoms with E-state index in [-0.39, 0.29) is 11.8 Å². The van der Waals surface area contributed by atoms with Gasteiger partial charge >= 0.3 is 0 Å². The minimum absolute atomic E-state index is 0.234. The van der Waals surface area contributed by atoms with Crippen molar-refractivity contribution in [3.8, 4) is 0 Å². The first kappa shape index (κ1) is 8.28. The minimum atomic E-state index is -0.542. The van der Waals surface area contributed by atoms with Crippen LogP contribution in [0.5, 0.6) is 0 Å². The van der Waals surface area contributed by atoms with Gasteiger partial charge in [0.1, 0.15) is 5.82 Å². The Bertz CT molecular complexity index is 368. The van der Waals surface area contributed by atoms with Crippen LogP contribution in [0.2, 0.25) is 0 Å². The molecule has 1 aliphatic rings. The number of anilines is 1. The Morgan fingerprint density at radius 1 is 1.46 bits per heavy atom. The highest BCUT2D eigenvalue weighted by atomic mass is 16.9. The van der Waals surface area contributed by atoms with E-state index >= 15 is 0 Å². The number of H-pyrrole nitrogens is 1. The van der Waals surface area contributed by atoms with Gasteiger partial charge in [0, 0.05) is 0 Å². The molecule has 0 spiro atoms. The molecule has 2 heterocycles. The quantitative estimate of drug-likeness (QED) is 0.656. The lowest BCUT2D eigenvalue weighted by Crippen LogP contribution is -2.35. The maximum Gasteiger partial charge on any atom is 0.257 e. The second kappa shape index (κ2) is 2.86. The second-order valence-electron chi connectivity index (χ2n) is 2.87. The molecule has 1 aliphatic heterocycles. The number of aromatic amines is 1. The second-order valence-corrected chi connectivity index (χ2v) is 2.87. The van der Waals surface area contributed by atoms with E-state index in [1.807, 2.05) is 0 Å². The van der Waals surface area contributed by atoms with Crippen molar-refractivity contribution in [2.75, 3.05) is 5.73 Å². The maximum atomic E-state index is 11.3. The normalized spacial score (nSPS) is 26.8. The van der Waals surface area contributed by atoms with E-state index < -0.39 is 6.29 Å². The van der Waals surface area contributed by atoms with E-state index in [9.17, 15) is 4.79 Å². The molecule has 3 N–H and O–H groups in total. The van der Waals surface area contributed by atoms with Crippen molar-refractivity contribution in [2.45, 2.75) is 19.5 Å². The zero-order chi connectivity index (χ0) is 9.42. The number of nitrogen functional groups attached to an aromatic ring is 1. The molecule has 5 heteroatoms. The first-order valence-electron chi connectivity index (χ1n) is 3.96. The Hall–Kier alpha value is -1.33. The number of hydrogen-bond acceptors (Lipinski definition) is 4. The van der Waals surface area contributed by atoms with E-state index in [1.54, 1.807) is 19.1 Å². The molecule has 1 aromatic heterocycles. The number of rotatable bonds is 1. The Balaban J connectivity index is 2.27. The number of ether oxygens (including phenoxy) is 2. The third-order valence-electron chi connectivity index (χ3n) is 1.85. The first-order valence-corrected chi connectivity index (χ1v) is 3.96. The van der Waals surface area contributed by atoms with Crippen LogP contribution in [0.1, 0.15) is 18.8 Å². The van der Waals surface area contributed by atoms with E-state index in [2.05, 4.69) is 4.98 Å². The lowest BCUT2D eigenvalue weighted by molar-refractivity contribution is -0.383. The summed E-state index contributed by atoms with van der Waals surface area (Å²) in [6, 6.07) is 3.21. The lowest BCUT2D eigenvalue weighted by atomic mass is 10.2. The molecule has 13 heavy (non-hydrogen) atoms. The summed E-state index contributed by atoms with van der Waals surface area (Å²) in [6.45, 7) is 1.77. The predicted molar refractivity (Wildman–Crippen MR) is 45.8 cm³/mol. The smallest absolute Gasteiger partial charge is 0.257 e. The molecule has 0 unspecified atom stereocenters. The van der Waals surface area contributed by atoms with Crippen LogP contribution in [-0.4, -0.2) is 11.3 Å². The highest BCUT2D eigenvalue weighted by Gasteiger charge is 2.30. The fourth-order valence-corrected chi connectivity index (χ4v) is 1.19. The SMILES string of the molecule is CC1OC(c2ccc(N)[nH]c2=O)O1. The zero-order valence-corrected chi connectivity index (χ0v) is 7.11. The monoisotopic (exact) mass is 182 g/mol. The Labute approximate surface area is 74.5 Å². The van der Waals surface area contributed by atoms with E-state index in [0.29, 0.717) is 11.4 Å². The van der Waals surface area contributed by atoms with Crippen LogP contribution in [0.3, 0.4) is 0 Å². The predicted octanol–water partition coefficient (Wildman–Crippen LogP) is 0.349. The van der Waals surface area contributed by atoms with Gasteiger partial charge in [-0.2, -0.15) is 0 Å². The van der Waals surface area contributed by atoms with Crippen molar-refractivity contribution >= 4 is 5.82 Å². The summed E-state index contributed by atoms with van der Waals surface area (Å²) in [4.78, 5) is 13.8. The molecule has 0 aliphatic carbocycles. The molecule has 0 radical (unpaired) electrons. The molecule has 2 rings (SSSR count). The zero-order valence-electron chi connectivity index (χ0n) is 7.11. The third-order valence-corrected chi connectivity index (χ3v) is 1.85. The molecule has 70 valence electrons. The van der Waals surface area contributed by atoms with E-state index in [0.717, 1.165) is 0 Å². The molecule has 0 saturated carbocycles. The third kappa shape index (κ3) is 1.43. The summed E-state index contributed by atoms with van der Waals surface area (Å²) in [5.74, 6) is 0.334. The molecule has 0 atom stereocenters. The van der Waals surface area contributed by atoms with Crippen molar-refractivity contribution in [3.63, 3.8) is 0 Å². The van der Waals surface area contributed by atoms with Crippen LogP contribution in [0, 0.1) is 0 Å². The van der Waals surface area contributed by atoms with Crippen molar-refractivity contribution in [1.29, 1.82) is 0 Å². The van der Waals surface area contributed by atoms with Crippen LogP contribution in [0.15, 0.2) is 16.9 Å². The Kier molecular flexibility index (Phi) is 1.82. The average Bonchev–Trinajstić information content (AvgIpc) is 2.00. The summed E-state index contributed by atoms with van der Waals surface area (Å²) < 4.78 is 10.3. The fourth-order valence-electron chi connectivity index (χ4n) is 1.19. The van der Waals surface area contributed by atoms with Gasteiger partial charge in [0.15, 0.2) is 12.6 Å². The van der Waals surface area contributed by atoms with Crippen molar-refractivity contribution in [1.82, 2.24) is 4.98 Å². The van der Waals surface area contributed by atoms with E-state index in [1.165, 1.54) is 0 Å². The topological polar surface area (TPSA) is 77.3 Å². The summed E-state index contributed by atoms with van der Waals surface area (Å²) in [5, 5.41) is 0. The van der Waals surface area contributed by atoms with Crippen LogP contribution >= 0.6 is 0 Å². The van der Waals surface area contributed by atoms with Crippen molar-refractivity contribution in [3.05, 3.63) is 28.0 Å². The molecule has 0 bridgehead atoms. The van der Waals surface area contributed by atoms with Gasteiger partial charge in [-0.15, -0.1) is 0 Å². The van der Waals surface area contributed by atoms with E-state index in [4.69, 9.17) is 15.2 Å². The molecule has 1 aromatic rings. The summed E-state index contributed by atoms with van der Waals surface area (Å²) >= 11 is 0. The van der Waals surface area contributed by atoms with Crippen LogP contribution < -0.4 is 11.3 Å². The van der Waals surface area contributed by atoms with Gasteiger partial charge < -0.3 is 20.2 Å². The summed E-state index contributed by atoms with van der Waals surface area (Å²) in [7, 11) is 0. The largest absolute Gasteiger partial charge is 0.385 e. The van der Waals surface area contributed by atoms with Crippen molar-refractivity contribution < 1.29 is 9.47 Å². The number of nitrogens with two attached hydrogens (primary N) is 1. The Morgan fingerprint density at radius 3 is 2.69 bits per heavy atom. The van der Waals surface area contributed by atoms with Gasteiger partial charge in [-0.3, -0.25) is 4.79 Å². The van der Waals surface area contributed by atoms with Crippen LogP contribution in [-0.2, 0) is 9.47 Å². The number of nitrogens with one attached hydrogen (secondary N) is 1. The molecule has 5 nitrogen and oxygen atoms in total. The van der Waals surface area contributed by atoms with Gasteiger partial charge in [0.05, 0.1) is 5.56 Å². The standard InChI is InChI=1S/C8H10N2O3/c1-4-12-8(13-4)5-2-3-6(9)10-7(5)11/h2-4,8H,1H3,(H3,9,10,11). The van der Waals surface area contributed by atoms with Gasteiger partial charge in [-0.25, -0.2) is 0 Å². The lowest BCUT2D eigenvalue weighted by Gasteiger charge is -2.33. The highest BCUT2D eigenvalue weighted by Crippen LogP contribution is 2.28. The van der Waals surface area contributed by atoms with Crippen LogP contribution in [0.25, 0.3) is 0 Å². The summed E-state index contributed by atoms with van der Waals surface area (Å²) in [5.41, 5.74) is 5.56. The highest BCUT2D eigenvalue weighted by molar-refractivity contribution is 5.30. The number of pyridine rings is 1. The molecule has 0 aromatic carbocycles. The maximum absolute atomic E-state index is 11.3. The number of hydrogen-bond donors (Lipinski definition) is 2. The first-order chi connectivity index (χ1) is 6.16.